The Morgan fingerprint density at radius 2 is 1.84 bits per heavy atom. The Morgan fingerprint density at radius 1 is 1.28 bits per heavy atom. The van der Waals surface area contributed by atoms with Gasteiger partial charge in [0.25, 0.3) is 0 Å². The molecule has 1 N–H and O–H groups in total. The van der Waals surface area contributed by atoms with Gasteiger partial charge >= 0.3 is 13.1 Å². The van der Waals surface area contributed by atoms with Crippen LogP contribution in [0.1, 0.15) is 47.1 Å². The molecule has 1 heterocycles. The number of rotatable bonds is 5. The molecule has 1 aliphatic heterocycles. The van der Waals surface area contributed by atoms with Gasteiger partial charge in [-0.25, -0.2) is 0 Å². The summed E-state index contributed by atoms with van der Waals surface area (Å²) in [5.74, 6) is -0.614. The molecule has 7 heteroatoms. The van der Waals surface area contributed by atoms with E-state index in [1.165, 1.54) is 0 Å². The van der Waals surface area contributed by atoms with E-state index in [2.05, 4.69) is 6.07 Å². The van der Waals surface area contributed by atoms with Crippen LogP contribution in [-0.4, -0.2) is 36.0 Å². The topological polar surface area (TPSA) is 88.8 Å². The lowest BCUT2D eigenvalue weighted by Crippen LogP contribution is -2.41. The number of hydrogen-bond donors (Lipinski definition) is 1. The molecule has 0 atom stereocenters. The number of benzene rings is 1. The van der Waals surface area contributed by atoms with Gasteiger partial charge in [0.15, 0.2) is 0 Å². The van der Waals surface area contributed by atoms with Gasteiger partial charge in [0.2, 0.25) is 0 Å². The van der Waals surface area contributed by atoms with Crippen molar-refractivity contribution in [1.29, 1.82) is 5.26 Å². The largest absolute Gasteiger partial charge is 0.494 e. The van der Waals surface area contributed by atoms with Crippen molar-refractivity contribution in [2.45, 2.75) is 52.7 Å². The molecule has 1 saturated heterocycles. The van der Waals surface area contributed by atoms with E-state index in [-0.39, 0.29) is 6.61 Å². The van der Waals surface area contributed by atoms with Gasteiger partial charge in [-0.3, -0.25) is 4.79 Å². The van der Waals surface area contributed by atoms with Crippen molar-refractivity contribution in [3.05, 3.63) is 23.8 Å². The average Bonchev–Trinajstić information content (AvgIpc) is 2.73. The second-order valence-electron chi connectivity index (χ2n) is 7.93. The summed E-state index contributed by atoms with van der Waals surface area (Å²) in [6.07, 6.45) is 0. The maximum absolute atomic E-state index is 11.2. The Morgan fingerprint density at radius 3 is 2.32 bits per heavy atom. The van der Waals surface area contributed by atoms with Crippen LogP contribution in [0.2, 0.25) is 0 Å². The molecular formula is C18H24BNO5. The smallest absolute Gasteiger partial charge is 0.491 e. The van der Waals surface area contributed by atoms with Crippen LogP contribution in [0, 0.1) is 16.7 Å². The highest BCUT2D eigenvalue weighted by Gasteiger charge is 2.51. The van der Waals surface area contributed by atoms with E-state index >= 15 is 0 Å². The second-order valence-corrected chi connectivity index (χ2v) is 7.93. The average molecular weight is 345 g/mol. The number of aliphatic carboxylic acids is 1. The van der Waals surface area contributed by atoms with E-state index in [1.54, 1.807) is 32.0 Å². The minimum absolute atomic E-state index is 0.0349. The number of hydrogen-bond acceptors (Lipinski definition) is 5. The molecule has 2 rings (SSSR count). The number of ether oxygens (including phenoxy) is 1. The van der Waals surface area contributed by atoms with Gasteiger partial charge in [-0.1, -0.05) is 6.07 Å². The lowest BCUT2D eigenvalue weighted by Gasteiger charge is -2.32. The Kier molecular flexibility index (Phi) is 4.91. The minimum Gasteiger partial charge on any atom is -0.491 e. The SMILES string of the molecule is CC(C)(COc1ccc(B2OC(C)(C)C(C)(C)O2)cc1C#N)C(=O)O. The van der Waals surface area contributed by atoms with E-state index in [0.717, 1.165) is 5.46 Å². The zero-order chi connectivity index (χ0) is 19.0. The first-order chi connectivity index (χ1) is 11.4. The maximum atomic E-state index is 11.2. The van der Waals surface area contributed by atoms with Gasteiger partial charge in [0.05, 0.1) is 22.2 Å². The third-order valence-corrected chi connectivity index (χ3v) is 4.82. The van der Waals surface area contributed by atoms with E-state index in [0.29, 0.717) is 11.3 Å². The van der Waals surface area contributed by atoms with Crippen molar-refractivity contribution in [2.75, 3.05) is 6.61 Å². The predicted molar refractivity (Wildman–Crippen MR) is 93.8 cm³/mol. The molecule has 0 aliphatic carbocycles. The first-order valence-corrected chi connectivity index (χ1v) is 8.15. The van der Waals surface area contributed by atoms with E-state index in [9.17, 15) is 10.1 Å². The van der Waals surface area contributed by atoms with Crippen molar-refractivity contribution >= 4 is 18.6 Å². The maximum Gasteiger partial charge on any atom is 0.494 e. The summed E-state index contributed by atoms with van der Waals surface area (Å²) in [6, 6.07) is 7.16. The Labute approximate surface area is 148 Å². The van der Waals surface area contributed by atoms with E-state index < -0.39 is 29.7 Å². The fourth-order valence-electron chi connectivity index (χ4n) is 2.21. The van der Waals surface area contributed by atoms with Crippen LogP contribution in [-0.2, 0) is 14.1 Å². The standard InChI is InChI=1S/C18H24BNO5/c1-16(2,15(21)22)11-23-14-8-7-13(9-12(14)10-20)19-24-17(3,4)18(5,6)25-19/h7-9H,11H2,1-6H3,(H,21,22). The van der Waals surface area contributed by atoms with Crippen LogP contribution in [0.5, 0.6) is 5.75 Å². The number of nitriles is 1. The lowest BCUT2D eigenvalue weighted by atomic mass is 9.78. The van der Waals surface area contributed by atoms with Crippen LogP contribution in [0.25, 0.3) is 0 Å². The first-order valence-electron chi connectivity index (χ1n) is 8.15. The molecule has 0 saturated carbocycles. The summed E-state index contributed by atoms with van der Waals surface area (Å²) in [5, 5.41) is 18.6. The molecule has 25 heavy (non-hydrogen) atoms. The third kappa shape index (κ3) is 3.81. The highest BCUT2D eigenvalue weighted by molar-refractivity contribution is 6.62. The van der Waals surface area contributed by atoms with Crippen LogP contribution in [0.15, 0.2) is 18.2 Å². The van der Waals surface area contributed by atoms with E-state index in [1.807, 2.05) is 27.7 Å². The summed E-state index contributed by atoms with van der Waals surface area (Å²) in [7, 11) is -0.568. The summed E-state index contributed by atoms with van der Waals surface area (Å²) in [5.41, 5.74) is -0.943. The quantitative estimate of drug-likeness (QED) is 0.824. The highest BCUT2D eigenvalue weighted by atomic mass is 16.7. The molecule has 1 aliphatic rings. The van der Waals surface area contributed by atoms with Crippen molar-refractivity contribution < 1.29 is 23.9 Å². The number of carboxylic acids is 1. The Hall–Kier alpha value is -2.04. The Bertz CT molecular complexity index is 705. The molecule has 1 aromatic rings. The Balaban J connectivity index is 2.21. The van der Waals surface area contributed by atoms with Crippen molar-refractivity contribution in [3.8, 4) is 11.8 Å². The summed E-state index contributed by atoms with van der Waals surface area (Å²) in [6.45, 7) is 11.0. The fourth-order valence-corrected chi connectivity index (χ4v) is 2.21. The zero-order valence-corrected chi connectivity index (χ0v) is 15.5. The van der Waals surface area contributed by atoms with Crippen LogP contribution < -0.4 is 10.2 Å². The summed E-state index contributed by atoms with van der Waals surface area (Å²) in [4.78, 5) is 11.2. The van der Waals surface area contributed by atoms with Crippen LogP contribution in [0.3, 0.4) is 0 Å². The van der Waals surface area contributed by atoms with Crippen molar-refractivity contribution in [1.82, 2.24) is 0 Å². The molecule has 6 nitrogen and oxygen atoms in total. The molecule has 0 amide bonds. The number of carboxylic acid groups (broad SMARTS) is 1. The minimum atomic E-state index is -1.04. The zero-order valence-electron chi connectivity index (χ0n) is 15.5. The van der Waals surface area contributed by atoms with E-state index in [4.69, 9.17) is 19.2 Å². The third-order valence-electron chi connectivity index (χ3n) is 4.82. The van der Waals surface area contributed by atoms with Gasteiger partial charge in [0.1, 0.15) is 18.4 Å². The van der Waals surface area contributed by atoms with Crippen LogP contribution >= 0.6 is 0 Å². The van der Waals surface area contributed by atoms with Gasteiger partial charge in [-0.05, 0) is 59.1 Å². The summed E-state index contributed by atoms with van der Waals surface area (Å²) >= 11 is 0. The van der Waals surface area contributed by atoms with Gasteiger partial charge < -0.3 is 19.2 Å². The molecule has 1 fully saturated rings. The molecule has 134 valence electrons. The van der Waals surface area contributed by atoms with Gasteiger partial charge in [0, 0.05) is 0 Å². The fraction of sp³-hybridized carbons (Fsp3) is 0.556. The highest BCUT2D eigenvalue weighted by Crippen LogP contribution is 2.36. The molecule has 0 spiro atoms. The first kappa shape index (κ1) is 19.3. The monoisotopic (exact) mass is 345 g/mol. The van der Waals surface area contributed by atoms with Gasteiger partial charge in [-0.15, -0.1) is 0 Å². The molecule has 1 aromatic carbocycles. The number of carbonyl (C=O) groups is 1. The van der Waals surface area contributed by atoms with Gasteiger partial charge in [-0.2, -0.15) is 5.26 Å². The molecular weight excluding hydrogens is 321 g/mol. The number of nitrogens with zero attached hydrogens (tertiary/aromatic N) is 1. The molecule has 0 unspecified atom stereocenters. The predicted octanol–water partition coefficient (Wildman–Crippen LogP) is 2.35. The normalized spacial score (nSPS) is 18.7. The lowest BCUT2D eigenvalue weighted by molar-refractivity contribution is -0.148. The summed E-state index contributed by atoms with van der Waals surface area (Å²) < 4.78 is 17.5. The molecule has 0 bridgehead atoms. The second kappa shape index (κ2) is 6.36. The van der Waals surface area contributed by atoms with Crippen molar-refractivity contribution in [3.63, 3.8) is 0 Å². The van der Waals surface area contributed by atoms with Crippen molar-refractivity contribution in [2.24, 2.45) is 5.41 Å². The molecule has 0 aromatic heterocycles. The molecule has 0 radical (unpaired) electrons. The van der Waals surface area contributed by atoms with Crippen LogP contribution in [0.4, 0.5) is 0 Å².